The smallest absolute Gasteiger partial charge is 0.407 e. The first kappa shape index (κ1) is 17.4. The van der Waals surface area contributed by atoms with Gasteiger partial charge in [-0.1, -0.05) is 36.4 Å². The second-order valence-electron chi connectivity index (χ2n) is 4.87. The molecule has 7 heteroatoms. The Morgan fingerprint density at radius 2 is 1.96 bits per heavy atom. The Hall–Kier alpha value is -1.96. The first-order valence-electron chi connectivity index (χ1n) is 6.98. The van der Waals surface area contributed by atoms with Crippen LogP contribution >= 0.6 is 15.9 Å². The summed E-state index contributed by atoms with van der Waals surface area (Å²) >= 11 is 3.19. The highest BCUT2D eigenvalue weighted by molar-refractivity contribution is 9.10. The summed E-state index contributed by atoms with van der Waals surface area (Å²) in [4.78, 5) is 15.6. The maximum absolute atomic E-state index is 11.6. The van der Waals surface area contributed by atoms with Crippen LogP contribution in [0.25, 0.3) is 0 Å². The van der Waals surface area contributed by atoms with Gasteiger partial charge in [0, 0.05) is 18.3 Å². The van der Waals surface area contributed by atoms with Gasteiger partial charge in [-0.25, -0.2) is 9.78 Å². The number of nitrogens with zero attached hydrogens (tertiary/aromatic N) is 1. The van der Waals surface area contributed by atoms with E-state index in [-0.39, 0.29) is 13.2 Å². The van der Waals surface area contributed by atoms with E-state index in [1.54, 1.807) is 12.1 Å². The standard InChI is InChI=1S/C16H17BrN2O4/c17-14-7-6-12(8-18-14)15(21)13(20)9-19-16(22)23-10-11-4-2-1-3-5-11/h1-8,13,15,20-21H,9-10H2,(H,19,22). The van der Waals surface area contributed by atoms with Gasteiger partial charge in [0.1, 0.15) is 23.4 Å². The molecule has 3 N–H and O–H groups in total. The Bertz CT molecular complexity index is 622. The maximum Gasteiger partial charge on any atom is 0.407 e. The molecular formula is C16H17BrN2O4. The zero-order valence-electron chi connectivity index (χ0n) is 12.2. The van der Waals surface area contributed by atoms with Crippen LogP contribution in [-0.2, 0) is 11.3 Å². The highest BCUT2D eigenvalue weighted by Gasteiger charge is 2.19. The van der Waals surface area contributed by atoms with E-state index in [0.29, 0.717) is 10.2 Å². The summed E-state index contributed by atoms with van der Waals surface area (Å²) in [5.74, 6) is 0. The number of hydrogen-bond acceptors (Lipinski definition) is 5. The molecule has 0 aliphatic heterocycles. The quantitative estimate of drug-likeness (QED) is 0.667. The molecule has 1 aromatic heterocycles. The third kappa shape index (κ3) is 5.63. The van der Waals surface area contributed by atoms with Crippen molar-refractivity contribution in [1.29, 1.82) is 0 Å². The molecule has 0 fully saturated rings. The number of benzene rings is 1. The molecule has 0 saturated carbocycles. The highest BCUT2D eigenvalue weighted by Crippen LogP contribution is 2.17. The van der Waals surface area contributed by atoms with Gasteiger partial charge in [-0.3, -0.25) is 0 Å². The molecule has 0 radical (unpaired) electrons. The molecule has 0 spiro atoms. The van der Waals surface area contributed by atoms with Gasteiger partial charge in [0.15, 0.2) is 0 Å². The number of aliphatic hydroxyl groups is 2. The van der Waals surface area contributed by atoms with E-state index in [2.05, 4.69) is 26.2 Å². The van der Waals surface area contributed by atoms with Crippen LogP contribution in [0.15, 0.2) is 53.3 Å². The van der Waals surface area contributed by atoms with Crippen LogP contribution < -0.4 is 5.32 Å². The number of nitrogens with one attached hydrogen (secondary N) is 1. The van der Waals surface area contributed by atoms with Crippen molar-refractivity contribution in [3.63, 3.8) is 0 Å². The molecule has 1 heterocycles. The fraction of sp³-hybridized carbons (Fsp3) is 0.250. The van der Waals surface area contributed by atoms with Crippen LogP contribution in [0, 0.1) is 0 Å². The number of carbonyl (C=O) groups excluding carboxylic acids is 1. The van der Waals surface area contributed by atoms with Gasteiger partial charge in [0.2, 0.25) is 0 Å². The lowest BCUT2D eigenvalue weighted by molar-refractivity contribution is 0.0182. The largest absolute Gasteiger partial charge is 0.445 e. The van der Waals surface area contributed by atoms with Crippen molar-refractivity contribution in [2.45, 2.75) is 18.8 Å². The number of halogens is 1. The predicted molar refractivity (Wildman–Crippen MR) is 87.5 cm³/mol. The minimum absolute atomic E-state index is 0.134. The van der Waals surface area contributed by atoms with E-state index in [9.17, 15) is 15.0 Å². The first-order chi connectivity index (χ1) is 11.1. The summed E-state index contributed by atoms with van der Waals surface area (Å²) in [6, 6.07) is 12.6. The van der Waals surface area contributed by atoms with Gasteiger partial charge < -0.3 is 20.3 Å². The number of aromatic nitrogens is 1. The Morgan fingerprint density at radius 3 is 2.61 bits per heavy atom. The highest BCUT2D eigenvalue weighted by atomic mass is 79.9. The maximum atomic E-state index is 11.6. The SMILES string of the molecule is O=C(NCC(O)C(O)c1ccc(Br)nc1)OCc1ccccc1. The second-order valence-corrected chi connectivity index (χ2v) is 5.68. The average Bonchev–Trinajstić information content (AvgIpc) is 2.58. The van der Waals surface area contributed by atoms with E-state index >= 15 is 0 Å². The molecule has 0 aliphatic carbocycles. The summed E-state index contributed by atoms with van der Waals surface area (Å²) in [6.07, 6.45) is -1.52. The van der Waals surface area contributed by atoms with Crippen molar-refractivity contribution in [2.75, 3.05) is 6.54 Å². The third-order valence-corrected chi connectivity index (χ3v) is 3.59. The van der Waals surface area contributed by atoms with Crippen molar-refractivity contribution in [2.24, 2.45) is 0 Å². The zero-order valence-corrected chi connectivity index (χ0v) is 13.8. The number of amides is 1. The number of aliphatic hydroxyl groups excluding tert-OH is 2. The number of hydrogen-bond donors (Lipinski definition) is 3. The van der Waals surface area contributed by atoms with Gasteiger partial charge in [-0.05, 0) is 27.6 Å². The molecule has 0 aliphatic rings. The summed E-state index contributed by atoms with van der Waals surface area (Å²) in [5, 5.41) is 22.3. The van der Waals surface area contributed by atoms with Gasteiger partial charge in [0.25, 0.3) is 0 Å². The predicted octanol–water partition coefficient (Wildman–Crippen LogP) is 2.16. The third-order valence-electron chi connectivity index (χ3n) is 3.12. The van der Waals surface area contributed by atoms with Crippen molar-refractivity contribution >= 4 is 22.0 Å². The van der Waals surface area contributed by atoms with Crippen LogP contribution in [0.5, 0.6) is 0 Å². The lowest BCUT2D eigenvalue weighted by atomic mass is 10.1. The van der Waals surface area contributed by atoms with Crippen LogP contribution in [0.3, 0.4) is 0 Å². The Balaban J connectivity index is 1.75. The minimum Gasteiger partial charge on any atom is -0.445 e. The van der Waals surface area contributed by atoms with Crippen LogP contribution in [0.2, 0.25) is 0 Å². The van der Waals surface area contributed by atoms with E-state index in [1.807, 2.05) is 30.3 Å². The van der Waals surface area contributed by atoms with Crippen molar-refractivity contribution in [3.05, 3.63) is 64.4 Å². The van der Waals surface area contributed by atoms with Gasteiger partial charge in [0.05, 0.1) is 0 Å². The lowest BCUT2D eigenvalue weighted by Gasteiger charge is -2.18. The first-order valence-corrected chi connectivity index (χ1v) is 7.77. The van der Waals surface area contributed by atoms with Crippen molar-refractivity contribution < 1.29 is 19.7 Å². The molecule has 23 heavy (non-hydrogen) atoms. The molecule has 2 aromatic rings. The van der Waals surface area contributed by atoms with E-state index < -0.39 is 18.3 Å². The van der Waals surface area contributed by atoms with Gasteiger partial charge in [-0.15, -0.1) is 0 Å². The number of alkyl carbamates (subject to hydrolysis) is 1. The van der Waals surface area contributed by atoms with Crippen LogP contribution in [0.1, 0.15) is 17.2 Å². The summed E-state index contributed by atoms with van der Waals surface area (Å²) in [7, 11) is 0. The zero-order chi connectivity index (χ0) is 16.7. The van der Waals surface area contributed by atoms with Crippen LogP contribution in [-0.4, -0.2) is 33.9 Å². The molecular weight excluding hydrogens is 364 g/mol. The summed E-state index contributed by atoms with van der Waals surface area (Å²) in [6.45, 7) is 0.00675. The molecule has 1 amide bonds. The second kappa shape index (κ2) is 8.61. The van der Waals surface area contributed by atoms with E-state index in [0.717, 1.165) is 5.56 Å². The number of carbonyl (C=O) groups is 1. The topological polar surface area (TPSA) is 91.7 Å². The summed E-state index contributed by atoms with van der Waals surface area (Å²) in [5.41, 5.74) is 1.32. The molecule has 2 rings (SSSR count). The molecule has 122 valence electrons. The average molecular weight is 381 g/mol. The molecule has 0 saturated heterocycles. The lowest BCUT2D eigenvalue weighted by Crippen LogP contribution is -2.35. The number of pyridine rings is 1. The summed E-state index contributed by atoms with van der Waals surface area (Å²) < 4.78 is 5.65. The molecule has 2 unspecified atom stereocenters. The van der Waals surface area contributed by atoms with Crippen molar-refractivity contribution in [1.82, 2.24) is 10.3 Å². The van der Waals surface area contributed by atoms with Crippen molar-refractivity contribution in [3.8, 4) is 0 Å². The molecule has 6 nitrogen and oxygen atoms in total. The van der Waals surface area contributed by atoms with Crippen LogP contribution in [0.4, 0.5) is 4.79 Å². The van der Waals surface area contributed by atoms with Gasteiger partial charge >= 0.3 is 6.09 Å². The Morgan fingerprint density at radius 1 is 1.22 bits per heavy atom. The Kier molecular flexibility index (Phi) is 6.52. The fourth-order valence-corrected chi connectivity index (χ4v) is 2.09. The number of rotatable bonds is 6. The minimum atomic E-state index is -1.16. The fourth-order valence-electron chi connectivity index (χ4n) is 1.86. The molecule has 0 bridgehead atoms. The Labute approximate surface area is 142 Å². The number of ether oxygens (including phenoxy) is 1. The molecule has 2 atom stereocenters. The van der Waals surface area contributed by atoms with Gasteiger partial charge in [-0.2, -0.15) is 0 Å². The van der Waals surface area contributed by atoms with E-state index in [1.165, 1.54) is 6.20 Å². The molecule has 1 aromatic carbocycles. The normalized spacial score (nSPS) is 13.2. The monoisotopic (exact) mass is 380 g/mol. The van der Waals surface area contributed by atoms with E-state index in [4.69, 9.17) is 4.74 Å².